The second-order valence-electron chi connectivity index (χ2n) is 6.53. The van der Waals surface area contributed by atoms with E-state index in [1.807, 2.05) is 11.9 Å². The van der Waals surface area contributed by atoms with Crippen molar-refractivity contribution >= 4 is 14.3 Å². The van der Waals surface area contributed by atoms with Crippen molar-refractivity contribution in [2.75, 3.05) is 13.6 Å². The normalized spacial score (nSPS) is 27.4. The Morgan fingerprint density at radius 2 is 1.94 bits per heavy atom. The minimum Gasteiger partial charge on any atom is -0.480 e. The lowest BCUT2D eigenvalue weighted by atomic mass is 10.2. The lowest BCUT2D eigenvalue weighted by Crippen LogP contribution is -2.44. The molecule has 0 radical (unpaired) electrons. The molecule has 100 valence electrons. The maximum Gasteiger partial charge on any atom is 0.321 e. The van der Waals surface area contributed by atoms with Crippen LogP contribution >= 0.6 is 0 Å². The Hall–Kier alpha value is -0.393. The standard InChI is InChI=1S/C12H25NO3Si/c1-12(2,3)17(5,6)16-9-7-10(11(14)15)13(4)8-9/h9-10H,7-8H2,1-6H3,(H,14,15)/t9?,10-/m1/s1. The van der Waals surface area contributed by atoms with Crippen LogP contribution in [0.2, 0.25) is 18.1 Å². The fourth-order valence-electron chi connectivity index (χ4n) is 1.92. The maximum atomic E-state index is 11.0. The third-order valence-electron chi connectivity index (χ3n) is 4.06. The summed E-state index contributed by atoms with van der Waals surface area (Å²) in [5.74, 6) is -0.742. The van der Waals surface area contributed by atoms with Gasteiger partial charge in [0.2, 0.25) is 0 Å². The van der Waals surface area contributed by atoms with Crippen LogP contribution in [0.5, 0.6) is 0 Å². The van der Waals surface area contributed by atoms with Crippen LogP contribution in [-0.2, 0) is 9.22 Å². The Morgan fingerprint density at radius 3 is 2.29 bits per heavy atom. The molecule has 1 saturated heterocycles. The minimum atomic E-state index is -1.78. The van der Waals surface area contributed by atoms with E-state index >= 15 is 0 Å². The highest BCUT2D eigenvalue weighted by Gasteiger charge is 2.43. The highest BCUT2D eigenvalue weighted by molar-refractivity contribution is 6.74. The van der Waals surface area contributed by atoms with Crippen LogP contribution in [0.4, 0.5) is 0 Å². The van der Waals surface area contributed by atoms with Crippen molar-refractivity contribution in [1.29, 1.82) is 0 Å². The molecule has 0 aromatic carbocycles. The van der Waals surface area contributed by atoms with Crippen LogP contribution in [0.15, 0.2) is 0 Å². The Morgan fingerprint density at radius 1 is 1.41 bits per heavy atom. The SMILES string of the molecule is CN1CC(O[Si](C)(C)C(C)(C)C)C[C@@H]1C(=O)O. The molecule has 5 heteroatoms. The first kappa shape index (κ1) is 14.7. The van der Waals surface area contributed by atoms with Gasteiger partial charge in [0, 0.05) is 6.54 Å². The van der Waals surface area contributed by atoms with Crippen LogP contribution in [0, 0.1) is 0 Å². The van der Waals surface area contributed by atoms with Gasteiger partial charge in [-0.1, -0.05) is 20.8 Å². The first-order valence-electron chi connectivity index (χ1n) is 6.15. The predicted molar refractivity (Wildman–Crippen MR) is 70.7 cm³/mol. The van der Waals surface area contributed by atoms with Gasteiger partial charge in [-0.3, -0.25) is 9.69 Å². The third-order valence-corrected chi connectivity index (χ3v) is 8.60. The highest BCUT2D eigenvalue weighted by Crippen LogP contribution is 2.38. The minimum absolute atomic E-state index is 0.0713. The van der Waals surface area contributed by atoms with E-state index in [2.05, 4.69) is 33.9 Å². The van der Waals surface area contributed by atoms with E-state index in [-0.39, 0.29) is 17.2 Å². The number of hydrogen-bond acceptors (Lipinski definition) is 3. The van der Waals surface area contributed by atoms with Gasteiger partial charge in [-0.2, -0.15) is 0 Å². The number of likely N-dealkylation sites (tertiary alicyclic amines) is 1. The molecule has 1 rings (SSSR count). The lowest BCUT2D eigenvalue weighted by molar-refractivity contribution is -0.141. The fourth-order valence-corrected chi connectivity index (χ4v) is 3.28. The molecule has 1 fully saturated rings. The van der Waals surface area contributed by atoms with Crippen LogP contribution in [-0.4, -0.2) is 50.0 Å². The van der Waals surface area contributed by atoms with Gasteiger partial charge in [-0.05, 0) is 31.6 Å². The molecular formula is C12H25NO3Si. The zero-order chi connectivity index (χ0) is 13.4. The van der Waals surface area contributed by atoms with Crippen LogP contribution in [0.3, 0.4) is 0 Å². The van der Waals surface area contributed by atoms with Crippen molar-refractivity contribution in [3.63, 3.8) is 0 Å². The number of carbonyl (C=O) groups is 1. The summed E-state index contributed by atoms with van der Waals surface area (Å²) < 4.78 is 6.25. The molecular weight excluding hydrogens is 234 g/mol. The van der Waals surface area contributed by atoms with Crippen molar-refractivity contribution < 1.29 is 14.3 Å². The molecule has 0 amide bonds. The number of likely N-dealkylation sites (N-methyl/N-ethyl adjacent to an activating group) is 1. The largest absolute Gasteiger partial charge is 0.480 e. The van der Waals surface area contributed by atoms with Crippen molar-refractivity contribution in [1.82, 2.24) is 4.90 Å². The first-order valence-corrected chi connectivity index (χ1v) is 9.06. The Labute approximate surface area is 105 Å². The molecule has 1 aliphatic heterocycles. The fraction of sp³-hybridized carbons (Fsp3) is 0.917. The van der Waals surface area contributed by atoms with Crippen LogP contribution in [0.25, 0.3) is 0 Å². The summed E-state index contributed by atoms with van der Waals surface area (Å²) in [6, 6.07) is -0.384. The molecule has 1 unspecified atom stereocenters. The Kier molecular flexibility index (Phi) is 4.06. The molecule has 1 N–H and O–H groups in total. The monoisotopic (exact) mass is 259 g/mol. The number of carboxylic acid groups (broad SMARTS) is 1. The molecule has 1 aliphatic rings. The van der Waals surface area contributed by atoms with Gasteiger partial charge in [0.25, 0.3) is 0 Å². The van der Waals surface area contributed by atoms with E-state index in [9.17, 15) is 4.79 Å². The molecule has 0 bridgehead atoms. The number of rotatable bonds is 3. The average molecular weight is 259 g/mol. The highest BCUT2D eigenvalue weighted by atomic mass is 28.4. The van der Waals surface area contributed by atoms with E-state index in [0.717, 1.165) is 6.54 Å². The molecule has 17 heavy (non-hydrogen) atoms. The number of aliphatic carboxylic acids is 1. The van der Waals surface area contributed by atoms with Gasteiger partial charge in [0.1, 0.15) is 6.04 Å². The summed E-state index contributed by atoms with van der Waals surface area (Å²) in [4.78, 5) is 12.9. The van der Waals surface area contributed by atoms with Gasteiger partial charge in [0.05, 0.1) is 6.10 Å². The molecule has 2 atom stereocenters. The second-order valence-corrected chi connectivity index (χ2v) is 11.3. The molecule has 1 heterocycles. The molecule has 0 aliphatic carbocycles. The number of nitrogens with zero attached hydrogens (tertiary/aromatic N) is 1. The van der Waals surface area contributed by atoms with Gasteiger partial charge < -0.3 is 9.53 Å². The van der Waals surface area contributed by atoms with Crippen LogP contribution < -0.4 is 0 Å². The van der Waals surface area contributed by atoms with Gasteiger partial charge >= 0.3 is 5.97 Å². The topological polar surface area (TPSA) is 49.8 Å². The maximum absolute atomic E-state index is 11.0. The summed E-state index contributed by atoms with van der Waals surface area (Å²) in [6.07, 6.45) is 0.681. The van der Waals surface area contributed by atoms with E-state index in [1.165, 1.54) is 0 Å². The van der Waals surface area contributed by atoms with Crippen molar-refractivity contribution in [3.05, 3.63) is 0 Å². The Bertz CT molecular complexity index is 299. The molecule has 0 aromatic heterocycles. The average Bonchev–Trinajstić information content (AvgIpc) is 2.43. The predicted octanol–water partition coefficient (Wildman–Crippen LogP) is 2.17. The quantitative estimate of drug-likeness (QED) is 0.789. The Balaban J connectivity index is 2.64. The number of carboxylic acids is 1. The van der Waals surface area contributed by atoms with Gasteiger partial charge in [0.15, 0.2) is 8.32 Å². The second kappa shape index (κ2) is 4.70. The van der Waals surface area contributed by atoms with Crippen molar-refractivity contribution in [2.24, 2.45) is 0 Å². The lowest BCUT2D eigenvalue weighted by Gasteiger charge is -2.38. The van der Waals surface area contributed by atoms with Crippen molar-refractivity contribution in [3.8, 4) is 0 Å². The van der Waals surface area contributed by atoms with E-state index in [0.29, 0.717) is 6.42 Å². The molecule has 0 spiro atoms. The zero-order valence-corrected chi connectivity index (χ0v) is 12.8. The molecule has 0 saturated carbocycles. The number of hydrogen-bond donors (Lipinski definition) is 1. The summed E-state index contributed by atoms with van der Waals surface area (Å²) in [5, 5.41) is 9.25. The van der Waals surface area contributed by atoms with E-state index in [4.69, 9.17) is 9.53 Å². The van der Waals surface area contributed by atoms with Gasteiger partial charge in [-0.25, -0.2) is 0 Å². The van der Waals surface area contributed by atoms with Gasteiger partial charge in [-0.15, -0.1) is 0 Å². The molecule has 4 nitrogen and oxygen atoms in total. The summed E-state index contributed by atoms with van der Waals surface area (Å²) >= 11 is 0. The summed E-state index contributed by atoms with van der Waals surface area (Å²) in [7, 11) is 0.0715. The third kappa shape index (κ3) is 3.30. The van der Waals surface area contributed by atoms with E-state index < -0.39 is 14.3 Å². The first-order chi connectivity index (χ1) is 7.54. The van der Waals surface area contributed by atoms with Crippen LogP contribution in [0.1, 0.15) is 27.2 Å². The smallest absolute Gasteiger partial charge is 0.321 e. The summed E-state index contributed by atoms with van der Waals surface area (Å²) in [6.45, 7) is 11.7. The van der Waals surface area contributed by atoms with Crippen molar-refractivity contribution in [2.45, 2.75) is 57.5 Å². The molecule has 0 aromatic rings. The summed E-state index contributed by atoms with van der Waals surface area (Å²) in [5.41, 5.74) is 0. The van der Waals surface area contributed by atoms with E-state index in [1.54, 1.807) is 0 Å². The zero-order valence-electron chi connectivity index (χ0n) is 11.8.